The van der Waals surface area contributed by atoms with Gasteiger partial charge >= 0.3 is 0 Å². The zero-order valence-electron chi connectivity index (χ0n) is 22.8. The fourth-order valence-electron chi connectivity index (χ4n) is 10.1. The van der Waals surface area contributed by atoms with E-state index in [-0.39, 0.29) is 5.16 Å². The van der Waals surface area contributed by atoms with Crippen LogP contribution in [0.4, 0.5) is 0 Å². The molecule has 7 rings (SSSR count). The highest BCUT2D eigenvalue weighted by atomic mass is 31.0. The van der Waals surface area contributed by atoms with E-state index >= 15 is 0 Å². The van der Waals surface area contributed by atoms with Crippen molar-refractivity contribution in [3.8, 4) is 0 Å². The fraction of sp³-hybridized carbons (Fsp3) is 0.867. The molecule has 0 aromatic carbocycles. The van der Waals surface area contributed by atoms with Crippen LogP contribution in [-0.4, -0.2) is 44.6 Å². The Hall–Kier alpha value is 0.477. The molecule has 0 radical (unpaired) electrons. The minimum absolute atomic E-state index is 0.156. The van der Waals surface area contributed by atoms with Gasteiger partial charge in [-0.3, -0.25) is 0 Å². The Bertz CT molecular complexity index is 845. The summed E-state index contributed by atoms with van der Waals surface area (Å²) in [6, 6.07) is 1.19. The second-order valence-corrected chi connectivity index (χ2v) is 21.1. The smallest absolute Gasteiger partial charge is 0.0728 e. The Morgan fingerprint density at radius 3 is 2.03 bits per heavy atom. The van der Waals surface area contributed by atoms with Crippen LogP contribution in [0, 0.1) is 29.1 Å². The highest BCUT2D eigenvalue weighted by Gasteiger charge is 2.60. The molecular formula is C30H52N2P2Si. The molecular weight excluding hydrogens is 478 g/mol. The van der Waals surface area contributed by atoms with Gasteiger partial charge in [-0.1, -0.05) is 43.8 Å². The predicted molar refractivity (Wildman–Crippen MR) is 161 cm³/mol. The topological polar surface area (TPSA) is 24.1 Å². The third-order valence-corrected chi connectivity index (χ3v) is 15.5. The Kier molecular flexibility index (Phi) is 7.05. The molecule has 35 heavy (non-hydrogen) atoms. The lowest BCUT2D eigenvalue weighted by Gasteiger charge is -2.63. The molecule has 7 atom stereocenters. The standard InChI is InChI=1S/C30H52N2P2Si/c1-35(2,3)23-15-24(29-17-20-12-21(18-29)14-22(13-20)26(29)19-33)25(16-23)30(34,27-8-4-6-10-31-27)28-9-5-7-11-32-28/h15,20-22,26-28,31-32H,4-14,16-19,33-34H2,1-3H3. The van der Waals surface area contributed by atoms with Gasteiger partial charge in [0.15, 0.2) is 0 Å². The Morgan fingerprint density at radius 2 is 1.54 bits per heavy atom. The highest BCUT2D eigenvalue weighted by Crippen LogP contribution is 2.68. The predicted octanol–water partition coefficient (Wildman–Crippen LogP) is 6.71. The summed E-state index contributed by atoms with van der Waals surface area (Å²) in [5.74, 6) is 3.86. The monoisotopic (exact) mass is 530 g/mol. The quantitative estimate of drug-likeness (QED) is 0.295. The normalized spacial score (nSPS) is 43.4. The average molecular weight is 531 g/mol. The van der Waals surface area contributed by atoms with Gasteiger partial charge in [-0.05, 0) is 124 Å². The number of rotatable bonds is 6. The molecule has 4 bridgehead atoms. The molecule has 2 heterocycles. The number of allylic oxidation sites excluding steroid dienone is 3. The van der Waals surface area contributed by atoms with Crippen LogP contribution in [0.3, 0.4) is 0 Å². The summed E-state index contributed by atoms with van der Waals surface area (Å²) >= 11 is 0. The van der Waals surface area contributed by atoms with Gasteiger partial charge in [-0.15, -0.1) is 18.5 Å². The third-order valence-electron chi connectivity index (χ3n) is 11.6. The Balaban J connectivity index is 1.51. The lowest BCUT2D eigenvalue weighted by molar-refractivity contribution is -0.0765. The summed E-state index contributed by atoms with van der Waals surface area (Å²) in [5, 5.41) is 10.2. The van der Waals surface area contributed by atoms with Gasteiger partial charge in [0.25, 0.3) is 0 Å². The van der Waals surface area contributed by atoms with Crippen LogP contribution in [0.2, 0.25) is 19.6 Å². The number of nitrogens with one attached hydrogen (secondary N) is 2. The number of hydrogen-bond donors (Lipinski definition) is 2. The van der Waals surface area contributed by atoms with Crippen molar-refractivity contribution in [2.45, 2.75) is 114 Å². The summed E-state index contributed by atoms with van der Waals surface area (Å²) in [4.78, 5) is 0. The number of hydrogen-bond acceptors (Lipinski definition) is 2. The molecule has 2 aliphatic heterocycles. The molecule has 0 spiro atoms. The van der Waals surface area contributed by atoms with E-state index in [1.165, 1.54) is 96.3 Å². The molecule has 2 saturated heterocycles. The minimum atomic E-state index is -1.37. The highest BCUT2D eigenvalue weighted by molar-refractivity contribution is 7.19. The molecule has 5 aliphatic carbocycles. The fourth-order valence-corrected chi connectivity index (χ4v) is 13.0. The zero-order chi connectivity index (χ0) is 24.4. The van der Waals surface area contributed by atoms with Crippen molar-refractivity contribution >= 4 is 26.6 Å². The maximum absolute atomic E-state index is 4.10. The van der Waals surface area contributed by atoms with E-state index in [9.17, 15) is 0 Å². The van der Waals surface area contributed by atoms with Gasteiger partial charge in [-0.2, -0.15) is 0 Å². The van der Waals surface area contributed by atoms with Gasteiger partial charge in [0.2, 0.25) is 0 Å². The van der Waals surface area contributed by atoms with E-state index in [1.807, 2.05) is 16.3 Å². The third kappa shape index (κ3) is 4.25. The first-order chi connectivity index (χ1) is 16.8. The summed E-state index contributed by atoms with van der Waals surface area (Å²) < 4.78 is 0. The van der Waals surface area contributed by atoms with Crippen LogP contribution in [-0.2, 0) is 0 Å². The van der Waals surface area contributed by atoms with Crippen molar-refractivity contribution in [2.24, 2.45) is 29.1 Å². The lowest BCUT2D eigenvalue weighted by Crippen LogP contribution is -2.62. The number of piperidine rings is 2. The van der Waals surface area contributed by atoms with Gasteiger partial charge in [0, 0.05) is 17.2 Å². The Morgan fingerprint density at radius 1 is 0.943 bits per heavy atom. The molecule has 7 unspecified atom stereocenters. The van der Waals surface area contributed by atoms with Crippen LogP contribution < -0.4 is 10.6 Å². The molecule has 6 fully saturated rings. The van der Waals surface area contributed by atoms with Crippen LogP contribution >= 0.6 is 18.5 Å². The maximum Gasteiger partial charge on any atom is 0.0728 e. The first-order valence-electron chi connectivity index (χ1n) is 15.2. The van der Waals surface area contributed by atoms with Crippen molar-refractivity contribution < 1.29 is 0 Å². The van der Waals surface area contributed by atoms with Crippen molar-refractivity contribution in [1.82, 2.24) is 10.6 Å². The van der Waals surface area contributed by atoms with E-state index in [4.69, 9.17) is 0 Å². The van der Waals surface area contributed by atoms with Crippen LogP contribution in [0.5, 0.6) is 0 Å². The molecule has 2 N–H and O–H groups in total. The molecule has 0 aromatic heterocycles. The van der Waals surface area contributed by atoms with Crippen LogP contribution in [0.25, 0.3) is 0 Å². The van der Waals surface area contributed by atoms with Crippen molar-refractivity contribution in [1.29, 1.82) is 0 Å². The van der Waals surface area contributed by atoms with E-state index < -0.39 is 8.07 Å². The van der Waals surface area contributed by atoms with E-state index in [1.54, 1.807) is 0 Å². The first kappa shape index (κ1) is 25.7. The Labute approximate surface area is 221 Å². The van der Waals surface area contributed by atoms with Gasteiger partial charge in [0.1, 0.15) is 0 Å². The van der Waals surface area contributed by atoms with Crippen molar-refractivity contribution in [3.63, 3.8) is 0 Å². The molecule has 5 heteroatoms. The molecule has 2 nitrogen and oxygen atoms in total. The minimum Gasteiger partial charge on any atom is -0.313 e. The van der Waals surface area contributed by atoms with E-state index in [0.29, 0.717) is 17.5 Å². The van der Waals surface area contributed by atoms with Gasteiger partial charge in [0.05, 0.1) is 8.07 Å². The van der Waals surface area contributed by atoms with E-state index in [0.717, 1.165) is 23.7 Å². The SMILES string of the molecule is C[Si](C)(C)C1=CC(C23CC4CC(CC(C4)C2CP)C3)=C(C(P)(C2CCCCN2)C2CCCCN2)C1. The molecule has 0 aromatic rings. The molecule has 196 valence electrons. The summed E-state index contributed by atoms with van der Waals surface area (Å²) in [6.07, 6.45) is 21.2. The van der Waals surface area contributed by atoms with Crippen LogP contribution in [0.1, 0.15) is 77.0 Å². The maximum atomic E-state index is 4.10. The summed E-state index contributed by atoms with van der Waals surface area (Å²) in [7, 11) is 5.46. The molecule has 0 amide bonds. The average Bonchev–Trinajstić information content (AvgIpc) is 3.32. The second kappa shape index (κ2) is 9.59. The van der Waals surface area contributed by atoms with Gasteiger partial charge in [-0.25, -0.2) is 0 Å². The van der Waals surface area contributed by atoms with Crippen molar-refractivity contribution in [3.05, 3.63) is 22.4 Å². The summed E-state index contributed by atoms with van der Waals surface area (Å²) in [5.41, 5.74) is 4.22. The van der Waals surface area contributed by atoms with Crippen molar-refractivity contribution in [2.75, 3.05) is 19.3 Å². The molecule has 4 saturated carbocycles. The largest absolute Gasteiger partial charge is 0.313 e. The second-order valence-electron chi connectivity index (χ2n) is 14.5. The summed E-state index contributed by atoms with van der Waals surface area (Å²) in [6.45, 7) is 10.2. The van der Waals surface area contributed by atoms with E-state index in [2.05, 4.69) is 54.8 Å². The van der Waals surface area contributed by atoms with Gasteiger partial charge < -0.3 is 10.6 Å². The van der Waals surface area contributed by atoms with Crippen LogP contribution in [0.15, 0.2) is 22.4 Å². The first-order valence-corrected chi connectivity index (χ1v) is 20.1. The zero-order valence-corrected chi connectivity index (χ0v) is 26.1. The lowest BCUT2D eigenvalue weighted by atomic mass is 9.43. The molecule has 7 aliphatic rings.